The second kappa shape index (κ2) is 5.63. The van der Waals surface area contributed by atoms with Gasteiger partial charge in [-0.2, -0.15) is 0 Å². The molecule has 1 aromatic heterocycles. The van der Waals surface area contributed by atoms with E-state index in [9.17, 15) is 27.9 Å². The standard InChI is InChI=1S/C16H17N3O6S/c1-16(2)11(15(22)23)19-13(21)10(14(19)26(16,24)25)7-9-6-8(4-5-18-9)12(20)17-3/h4-7,11,14H,1-3H3,(H,17,20)(H,22,23)/b10-7-/t11-,14-/m0/s1. The molecule has 2 atom stereocenters. The van der Waals surface area contributed by atoms with Crippen LogP contribution >= 0.6 is 0 Å². The van der Waals surface area contributed by atoms with E-state index in [0.717, 1.165) is 4.90 Å². The number of β-lactam (4-membered cyclic amide) rings is 1. The summed E-state index contributed by atoms with van der Waals surface area (Å²) in [4.78, 5) is 40.6. The molecule has 3 heterocycles. The number of nitrogens with one attached hydrogen (secondary N) is 1. The maximum absolute atomic E-state index is 12.8. The number of rotatable bonds is 3. The van der Waals surface area contributed by atoms with E-state index < -0.39 is 37.9 Å². The first kappa shape index (κ1) is 18.1. The molecule has 0 bridgehead atoms. The van der Waals surface area contributed by atoms with Crippen LogP contribution in [-0.4, -0.2) is 64.4 Å². The van der Waals surface area contributed by atoms with Gasteiger partial charge in [-0.3, -0.25) is 14.6 Å². The minimum absolute atomic E-state index is 0.0524. The van der Waals surface area contributed by atoms with Crippen molar-refractivity contribution in [3.63, 3.8) is 0 Å². The number of hydrogen-bond acceptors (Lipinski definition) is 6. The molecule has 0 aliphatic carbocycles. The Bertz CT molecular complexity index is 966. The third-order valence-corrected chi connectivity index (χ3v) is 7.53. The van der Waals surface area contributed by atoms with E-state index in [1.807, 2.05) is 0 Å². The lowest BCUT2D eigenvalue weighted by Gasteiger charge is -2.37. The van der Waals surface area contributed by atoms with Crippen LogP contribution in [-0.2, 0) is 19.4 Å². The molecule has 10 heteroatoms. The van der Waals surface area contributed by atoms with Crippen molar-refractivity contribution in [2.75, 3.05) is 7.05 Å². The quantitative estimate of drug-likeness (QED) is 0.542. The third kappa shape index (κ3) is 2.25. The molecule has 0 radical (unpaired) electrons. The van der Waals surface area contributed by atoms with Crippen molar-refractivity contribution in [2.24, 2.45) is 0 Å². The fraction of sp³-hybridized carbons (Fsp3) is 0.375. The van der Waals surface area contributed by atoms with E-state index in [1.165, 1.54) is 45.3 Å². The van der Waals surface area contributed by atoms with Gasteiger partial charge >= 0.3 is 5.97 Å². The highest BCUT2D eigenvalue weighted by atomic mass is 32.2. The van der Waals surface area contributed by atoms with E-state index >= 15 is 0 Å². The topological polar surface area (TPSA) is 134 Å². The van der Waals surface area contributed by atoms with Crippen LogP contribution in [0, 0.1) is 0 Å². The summed E-state index contributed by atoms with van der Waals surface area (Å²) in [5.41, 5.74) is 0.486. The number of carboxylic acid groups (broad SMARTS) is 1. The van der Waals surface area contributed by atoms with Gasteiger partial charge in [0.15, 0.2) is 21.3 Å². The third-order valence-electron chi connectivity index (χ3n) is 4.77. The lowest BCUT2D eigenvalue weighted by atomic mass is 9.95. The number of carbonyl (C=O) groups is 3. The first-order chi connectivity index (χ1) is 12.0. The zero-order valence-electron chi connectivity index (χ0n) is 14.3. The van der Waals surface area contributed by atoms with Crippen molar-refractivity contribution in [3.05, 3.63) is 35.2 Å². The van der Waals surface area contributed by atoms with Crippen molar-refractivity contribution in [1.29, 1.82) is 0 Å². The average molecular weight is 379 g/mol. The Balaban J connectivity index is 2.05. The second-order valence-electron chi connectivity index (χ2n) is 6.60. The molecule has 0 aromatic carbocycles. The fourth-order valence-electron chi connectivity index (χ4n) is 3.31. The van der Waals surface area contributed by atoms with Crippen LogP contribution in [0.5, 0.6) is 0 Å². The molecule has 138 valence electrons. The van der Waals surface area contributed by atoms with E-state index in [4.69, 9.17) is 0 Å². The number of sulfone groups is 1. The highest BCUT2D eigenvalue weighted by Gasteiger charge is 2.70. The van der Waals surface area contributed by atoms with E-state index in [1.54, 1.807) is 0 Å². The molecule has 9 nitrogen and oxygen atoms in total. The summed E-state index contributed by atoms with van der Waals surface area (Å²) in [5, 5.41) is 10.5. The predicted molar refractivity (Wildman–Crippen MR) is 90.7 cm³/mol. The van der Waals surface area contributed by atoms with E-state index in [2.05, 4.69) is 10.3 Å². The number of amides is 2. The van der Waals surface area contributed by atoms with Crippen molar-refractivity contribution in [3.8, 4) is 0 Å². The van der Waals surface area contributed by atoms with Crippen LogP contribution < -0.4 is 5.32 Å². The van der Waals surface area contributed by atoms with Crippen molar-refractivity contribution >= 4 is 33.7 Å². The summed E-state index contributed by atoms with van der Waals surface area (Å²) < 4.78 is 23.9. The summed E-state index contributed by atoms with van der Waals surface area (Å²) in [6.07, 6.45) is 2.65. The fourth-order valence-corrected chi connectivity index (χ4v) is 5.43. The molecule has 2 N–H and O–H groups in total. The first-order valence-corrected chi connectivity index (χ1v) is 9.27. The van der Waals surface area contributed by atoms with Gasteiger partial charge in [0.25, 0.3) is 11.8 Å². The minimum atomic E-state index is -3.94. The Labute approximate surface area is 149 Å². The maximum Gasteiger partial charge on any atom is 0.328 e. The Morgan fingerprint density at radius 2 is 2.04 bits per heavy atom. The number of fused-ring (bicyclic) bond motifs is 1. The van der Waals surface area contributed by atoms with Gasteiger partial charge in [0.05, 0.1) is 11.3 Å². The summed E-state index contributed by atoms with van der Waals surface area (Å²) in [7, 11) is -2.48. The molecule has 2 fully saturated rings. The summed E-state index contributed by atoms with van der Waals surface area (Å²) in [6.45, 7) is 2.60. The molecule has 3 rings (SSSR count). The first-order valence-electron chi connectivity index (χ1n) is 7.72. The van der Waals surface area contributed by atoms with Crippen LogP contribution in [0.15, 0.2) is 23.9 Å². The molecule has 2 aliphatic heterocycles. The second-order valence-corrected chi connectivity index (χ2v) is 9.19. The summed E-state index contributed by atoms with van der Waals surface area (Å²) >= 11 is 0. The van der Waals surface area contributed by atoms with Gasteiger partial charge < -0.3 is 15.3 Å². The number of pyridine rings is 1. The molecule has 2 aliphatic rings. The Kier molecular flexibility index (Phi) is 3.91. The van der Waals surface area contributed by atoms with Crippen LogP contribution in [0.1, 0.15) is 29.9 Å². The number of hydrogen-bond donors (Lipinski definition) is 2. The molecule has 26 heavy (non-hydrogen) atoms. The number of nitrogens with zero attached hydrogens (tertiary/aromatic N) is 2. The molecule has 0 spiro atoms. The van der Waals surface area contributed by atoms with Gasteiger partial charge in [-0.05, 0) is 32.1 Å². The molecule has 0 unspecified atom stereocenters. The maximum atomic E-state index is 12.8. The zero-order chi connectivity index (χ0) is 19.4. The summed E-state index contributed by atoms with van der Waals surface area (Å²) in [5.74, 6) is -2.38. The predicted octanol–water partition coefficient (Wildman–Crippen LogP) is -0.347. The molecule has 2 saturated heterocycles. The van der Waals surface area contributed by atoms with Crippen LogP contribution in [0.2, 0.25) is 0 Å². The highest BCUT2D eigenvalue weighted by Crippen LogP contribution is 2.48. The van der Waals surface area contributed by atoms with Crippen molar-refractivity contribution in [1.82, 2.24) is 15.2 Å². The van der Waals surface area contributed by atoms with Crippen LogP contribution in [0.25, 0.3) is 6.08 Å². The Morgan fingerprint density at radius 3 is 2.62 bits per heavy atom. The molecular weight excluding hydrogens is 362 g/mol. The van der Waals surface area contributed by atoms with Crippen LogP contribution in [0.4, 0.5) is 0 Å². The average Bonchev–Trinajstić information content (AvgIpc) is 2.73. The molecule has 2 amide bonds. The van der Waals surface area contributed by atoms with Crippen molar-refractivity contribution in [2.45, 2.75) is 30.0 Å². The lowest BCUT2D eigenvalue weighted by molar-refractivity contribution is -0.152. The number of carboxylic acids is 1. The van der Waals surface area contributed by atoms with Gasteiger partial charge in [0.2, 0.25) is 0 Å². The molecule has 1 aromatic rings. The monoisotopic (exact) mass is 379 g/mol. The smallest absolute Gasteiger partial charge is 0.328 e. The summed E-state index contributed by atoms with van der Waals surface area (Å²) in [6, 6.07) is 1.45. The van der Waals surface area contributed by atoms with Gasteiger partial charge in [-0.15, -0.1) is 0 Å². The highest BCUT2D eigenvalue weighted by molar-refractivity contribution is 7.94. The van der Waals surface area contributed by atoms with Crippen molar-refractivity contribution < 1.29 is 27.9 Å². The normalized spacial score (nSPS) is 27.0. The van der Waals surface area contributed by atoms with Gasteiger partial charge in [0.1, 0.15) is 4.75 Å². The zero-order valence-corrected chi connectivity index (χ0v) is 15.1. The molecule has 0 saturated carbocycles. The Morgan fingerprint density at radius 1 is 1.38 bits per heavy atom. The van der Waals surface area contributed by atoms with Gasteiger partial charge in [-0.25, -0.2) is 13.2 Å². The lowest BCUT2D eigenvalue weighted by Crippen LogP contribution is -2.58. The Hall–Kier alpha value is -2.75. The van der Waals surface area contributed by atoms with E-state index in [-0.39, 0.29) is 17.2 Å². The van der Waals surface area contributed by atoms with Gasteiger partial charge in [0, 0.05) is 18.8 Å². The van der Waals surface area contributed by atoms with E-state index in [0.29, 0.717) is 5.56 Å². The number of aliphatic carboxylic acids is 1. The number of carbonyl (C=O) groups excluding carboxylic acids is 2. The molecular formula is C16H17N3O6S. The van der Waals surface area contributed by atoms with Crippen LogP contribution in [0.3, 0.4) is 0 Å². The van der Waals surface area contributed by atoms with Gasteiger partial charge in [-0.1, -0.05) is 0 Å². The SMILES string of the molecule is CNC(=O)c1ccnc(/C=C2/C(=O)N3[C@@H](C(=O)O)C(C)(C)S(=O)(=O)[C@@H]23)c1. The largest absolute Gasteiger partial charge is 0.480 e. The minimum Gasteiger partial charge on any atom is -0.480 e. The number of aromatic nitrogens is 1.